The van der Waals surface area contributed by atoms with E-state index >= 15 is 0 Å². The van der Waals surface area contributed by atoms with Gasteiger partial charge in [-0.3, -0.25) is 0 Å². The summed E-state index contributed by atoms with van der Waals surface area (Å²) in [6.45, 7) is 0. The van der Waals surface area contributed by atoms with Crippen LogP contribution in [0.25, 0.3) is 0 Å². The topological polar surface area (TPSA) is 35.8 Å². The molecule has 2 nitrogen and oxygen atoms in total. The Morgan fingerprint density at radius 3 is 2.43 bits per heavy atom. The molecular weight excluding hydrogens is 297 g/mol. The smallest absolute Gasteiger partial charge is 0.355 e. The van der Waals surface area contributed by atoms with Gasteiger partial charge in [0.1, 0.15) is 0 Å². The van der Waals surface area contributed by atoms with E-state index in [1.165, 1.54) is 12.1 Å². The van der Waals surface area contributed by atoms with Gasteiger partial charge in [0.2, 0.25) is 0 Å². The molecule has 0 atom stereocenters. The second-order valence-electron chi connectivity index (χ2n) is 4.23. The first kappa shape index (κ1) is 15.3. The Morgan fingerprint density at radius 2 is 1.81 bits per heavy atom. The van der Waals surface area contributed by atoms with Gasteiger partial charge in [0, 0.05) is 16.3 Å². The highest BCUT2D eigenvalue weighted by atomic mass is 32.2. The molecule has 108 valence electrons. The molecule has 2 aromatic carbocycles. The Kier molecular flexibility index (Phi) is 4.43. The number of nitriles is 1. The Hall–Kier alpha value is -2.13. The van der Waals surface area contributed by atoms with Gasteiger partial charge in [-0.2, -0.15) is 18.4 Å². The van der Waals surface area contributed by atoms with Crippen LogP contribution in [0.3, 0.4) is 0 Å². The summed E-state index contributed by atoms with van der Waals surface area (Å²) in [5.74, 6) is 0. The van der Waals surface area contributed by atoms with E-state index in [4.69, 9.17) is 5.26 Å². The first-order valence-corrected chi connectivity index (χ1v) is 7.19. The van der Waals surface area contributed by atoms with Crippen molar-refractivity contribution in [2.45, 2.75) is 11.1 Å². The van der Waals surface area contributed by atoms with Crippen molar-refractivity contribution in [3.8, 4) is 6.07 Å². The lowest BCUT2D eigenvalue weighted by Crippen LogP contribution is -2.08. The number of rotatable bonds is 3. The van der Waals surface area contributed by atoms with Gasteiger partial charge in [-0.25, -0.2) is 0 Å². The molecular formula is C15H11F3N2S. The van der Waals surface area contributed by atoms with Crippen molar-refractivity contribution in [1.82, 2.24) is 0 Å². The fourth-order valence-electron chi connectivity index (χ4n) is 1.83. The number of hydrogen-bond donors (Lipinski definition) is 1. The Bertz CT molecular complexity index is 690. The molecule has 2 rings (SSSR count). The monoisotopic (exact) mass is 308 g/mol. The zero-order chi connectivity index (χ0) is 15.5. The fraction of sp³-hybridized carbons (Fsp3) is 0.133. The van der Waals surface area contributed by atoms with Crippen LogP contribution in [0, 0.1) is 11.3 Å². The number of halogens is 3. The lowest BCUT2D eigenvalue weighted by molar-refractivity contribution is -0.137. The summed E-state index contributed by atoms with van der Waals surface area (Å²) in [6.07, 6.45) is -2.59. The van der Waals surface area contributed by atoms with E-state index in [1.54, 1.807) is 17.8 Å². The zero-order valence-electron chi connectivity index (χ0n) is 11.0. The Balaban J connectivity index is 2.32. The standard InChI is InChI=1S/C15H11F3N2S/c1-21-13-4-2-3-11(8-13)20-12-5-6-14(15(16,17)18)10(7-12)9-19/h2-8,20H,1H3. The van der Waals surface area contributed by atoms with Gasteiger partial charge < -0.3 is 5.32 Å². The molecule has 0 aliphatic carbocycles. The first-order chi connectivity index (χ1) is 9.94. The lowest BCUT2D eigenvalue weighted by atomic mass is 10.1. The molecule has 0 heterocycles. The van der Waals surface area contributed by atoms with Crippen molar-refractivity contribution < 1.29 is 13.2 Å². The summed E-state index contributed by atoms with van der Waals surface area (Å²) in [5.41, 5.74) is -0.120. The quantitative estimate of drug-likeness (QED) is 0.807. The van der Waals surface area contributed by atoms with Crippen LogP contribution < -0.4 is 5.32 Å². The molecule has 0 bridgehead atoms. The lowest BCUT2D eigenvalue weighted by Gasteiger charge is -2.12. The molecule has 1 N–H and O–H groups in total. The molecule has 0 radical (unpaired) electrons. The second kappa shape index (κ2) is 6.10. The molecule has 0 aliphatic heterocycles. The molecule has 0 saturated heterocycles. The van der Waals surface area contributed by atoms with Gasteiger partial charge in [0.05, 0.1) is 17.2 Å². The first-order valence-electron chi connectivity index (χ1n) is 5.96. The van der Waals surface area contributed by atoms with E-state index in [9.17, 15) is 13.2 Å². The van der Waals surface area contributed by atoms with Crippen molar-refractivity contribution >= 4 is 23.1 Å². The minimum Gasteiger partial charge on any atom is -0.355 e. The van der Waals surface area contributed by atoms with Crippen molar-refractivity contribution in [2.24, 2.45) is 0 Å². The van der Waals surface area contributed by atoms with Gasteiger partial charge in [-0.15, -0.1) is 11.8 Å². The average Bonchev–Trinajstić information content (AvgIpc) is 2.46. The van der Waals surface area contributed by atoms with Gasteiger partial charge in [0.15, 0.2) is 0 Å². The molecule has 0 saturated carbocycles. The van der Waals surface area contributed by atoms with Crippen LogP contribution >= 0.6 is 11.8 Å². The summed E-state index contributed by atoms with van der Waals surface area (Å²) in [4.78, 5) is 1.03. The maximum atomic E-state index is 12.7. The molecule has 0 fully saturated rings. The highest BCUT2D eigenvalue weighted by Crippen LogP contribution is 2.33. The van der Waals surface area contributed by atoms with Crippen LogP contribution in [0.4, 0.5) is 24.5 Å². The second-order valence-corrected chi connectivity index (χ2v) is 5.11. The van der Waals surface area contributed by atoms with E-state index in [1.807, 2.05) is 30.5 Å². The third kappa shape index (κ3) is 3.70. The molecule has 0 unspecified atom stereocenters. The number of nitrogens with one attached hydrogen (secondary N) is 1. The SMILES string of the molecule is CSc1cccc(Nc2ccc(C(F)(F)F)c(C#N)c2)c1. The zero-order valence-corrected chi connectivity index (χ0v) is 11.8. The maximum Gasteiger partial charge on any atom is 0.417 e. The van der Waals surface area contributed by atoms with Crippen LogP contribution in [-0.2, 0) is 6.18 Å². The van der Waals surface area contributed by atoms with E-state index in [-0.39, 0.29) is 0 Å². The van der Waals surface area contributed by atoms with Crippen molar-refractivity contribution in [3.63, 3.8) is 0 Å². The summed E-state index contributed by atoms with van der Waals surface area (Å²) >= 11 is 1.57. The molecule has 2 aromatic rings. The largest absolute Gasteiger partial charge is 0.417 e. The van der Waals surface area contributed by atoms with Crippen LogP contribution in [0.5, 0.6) is 0 Å². The highest BCUT2D eigenvalue weighted by Gasteiger charge is 2.33. The van der Waals surface area contributed by atoms with Gasteiger partial charge in [0.25, 0.3) is 0 Å². The summed E-state index contributed by atoms with van der Waals surface area (Å²) in [6, 6.07) is 12.5. The van der Waals surface area contributed by atoms with Gasteiger partial charge >= 0.3 is 6.18 Å². The normalized spacial score (nSPS) is 11.0. The Morgan fingerprint density at radius 1 is 1.10 bits per heavy atom. The maximum absolute atomic E-state index is 12.7. The van der Waals surface area contributed by atoms with E-state index < -0.39 is 17.3 Å². The van der Waals surface area contributed by atoms with Crippen molar-refractivity contribution in [2.75, 3.05) is 11.6 Å². The molecule has 0 amide bonds. The predicted molar refractivity (Wildman–Crippen MR) is 77.7 cm³/mol. The van der Waals surface area contributed by atoms with Crippen LogP contribution in [0.2, 0.25) is 0 Å². The van der Waals surface area contributed by atoms with Crippen LogP contribution in [0.15, 0.2) is 47.4 Å². The third-order valence-electron chi connectivity index (χ3n) is 2.80. The van der Waals surface area contributed by atoms with Gasteiger partial charge in [-0.05, 0) is 42.7 Å². The molecule has 6 heteroatoms. The predicted octanol–water partition coefficient (Wildman–Crippen LogP) is 5.04. The number of anilines is 2. The summed E-state index contributed by atoms with van der Waals surface area (Å²) in [7, 11) is 0. The average molecular weight is 308 g/mol. The highest BCUT2D eigenvalue weighted by molar-refractivity contribution is 7.98. The number of thioether (sulfide) groups is 1. The fourth-order valence-corrected chi connectivity index (χ4v) is 2.29. The molecule has 0 spiro atoms. The molecule has 0 aliphatic rings. The summed E-state index contributed by atoms with van der Waals surface area (Å²) < 4.78 is 38.2. The van der Waals surface area contributed by atoms with Crippen molar-refractivity contribution in [1.29, 1.82) is 5.26 Å². The van der Waals surface area contributed by atoms with Gasteiger partial charge in [-0.1, -0.05) is 6.07 Å². The van der Waals surface area contributed by atoms with Crippen molar-refractivity contribution in [3.05, 3.63) is 53.6 Å². The van der Waals surface area contributed by atoms with Crippen LogP contribution in [-0.4, -0.2) is 6.26 Å². The summed E-state index contributed by atoms with van der Waals surface area (Å²) in [5, 5.41) is 11.9. The Labute approximate surface area is 124 Å². The number of nitrogens with zero attached hydrogens (tertiary/aromatic N) is 1. The van der Waals surface area contributed by atoms with Crippen LogP contribution in [0.1, 0.15) is 11.1 Å². The van der Waals surface area contributed by atoms with E-state index in [0.717, 1.165) is 16.6 Å². The minimum atomic E-state index is -4.53. The molecule has 21 heavy (non-hydrogen) atoms. The number of hydrogen-bond acceptors (Lipinski definition) is 3. The number of alkyl halides is 3. The third-order valence-corrected chi connectivity index (χ3v) is 3.53. The minimum absolute atomic E-state index is 0.395. The molecule has 0 aromatic heterocycles. The van der Waals surface area contributed by atoms with E-state index in [0.29, 0.717) is 5.69 Å². The number of benzene rings is 2. The van der Waals surface area contributed by atoms with E-state index in [2.05, 4.69) is 5.32 Å².